The van der Waals surface area contributed by atoms with Crippen LogP contribution in [0.5, 0.6) is 5.75 Å². The van der Waals surface area contributed by atoms with E-state index >= 15 is 0 Å². The monoisotopic (exact) mass is 249 g/mol. The summed E-state index contributed by atoms with van der Waals surface area (Å²) in [5.74, 6) is 0.306. The molecule has 1 aliphatic rings. The first-order chi connectivity index (χ1) is 8.37. The molecule has 0 bridgehead atoms. The third-order valence-electron chi connectivity index (χ3n) is 2.94. The molecular formula is C14H19NO3. The van der Waals surface area contributed by atoms with Crippen molar-refractivity contribution in [3.8, 4) is 5.75 Å². The van der Waals surface area contributed by atoms with Crippen LogP contribution < -0.4 is 5.32 Å². The number of carbonyl (C=O) groups is 1. The summed E-state index contributed by atoms with van der Waals surface area (Å²) >= 11 is 0. The van der Waals surface area contributed by atoms with Crippen molar-refractivity contribution in [2.24, 2.45) is 0 Å². The van der Waals surface area contributed by atoms with Crippen LogP contribution in [-0.4, -0.2) is 16.8 Å². The van der Waals surface area contributed by atoms with E-state index in [4.69, 9.17) is 4.74 Å². The van der Waals surface area contributed by atoms with Crippen molar-refractivity contribution >= 4 is 6.09 Å². The number of ether oxygens (including phenoxy) is 1. The van der Waals surface area contributed by atoms with Gasteiger partial charge in [-0.25, -0.2) is 4.79 Å². The molecular weight excluding hydrogens is 230 g/mol. The second-order valence-corrected chi connectivity index (χ2v) is 5.58. The van der Waals surface area contributed by atoms with Gasteiger partial charge in [0.05, 0.1) is 6.04 Å². The minimum absolute atomic E-state index is 0.0676. The minimum atomic E-state index is -0.496. The SMILES string of the molecule is CC(C)(C)OC(=O)N[C@H]1CCc2c(O)cccc21. The number of fused-ring (bicyclic) bond motifs is 1. The number of hydrogen-bond donors (Lipinski definition) is 2. The maximum absolute atomic E-state index is 11.7. The van der Waals surface area contributed by atoms with Crippen molar-refractivity contribution in [2.45, 2.75) is 45.3 Å². The van der Waals surface area contributed by atoms with E-state index in [0.29, 0.717) is 5.75 Å². The summed E-state index contributed by atoms with van der Waals surface area (Å²) in [6, 6.07) is 5.34. The molecule has 0 radical (unpaired) electrons. The number of phenols is 1. The van der Waals surface area contributed by atoms with Crippen LogP contribution in [0, 0.1) is 0 Å². The summed E-state index contributed by atoms with van der Waals surface area (Å²) in [4.78, 5) is 11.7. The molecule has 1 atom stereocenters. The molecule has 0 saturated heterocycles. The molecule has 0 aliphatic heterocycles. The molecule has 2 N–H and O–H groups in total. The van der Waals surface area contributed by atoms with Crippen LogP contribution in [0.1, 0.15) is 44.4 Å². The molecule has 0 unspecified atom stereocenters. The summed E-state index contributed by atoms with van der Waals surface area (Å²) in [7, 11) is 0. The average molecular weight is 249 g/mol. The lowest BCUT2D eigenvalue weighted by atomic mass is 10.1. The molecule has 18 heavy (non-hydrogen) atoms. The first-order valence-electron chi connectivity index (χ1n) is 6.17. The lowest BCUT2D eigenvalue weighted by Crippen LogP contribution is -2.34. The molecule has 0 saturated carbocycles. The van der Waals surface area contributed by atoms with Crippen molar-refractivity contribution in [2.75, 3.05) is 0 Å². The Balaban J connectivity index is 2.06. The van der Waals surface area contributed by atoms with E-state index in [1.165, 1.54) is 0 Å². The Morgan fingerprint density at radius 3 is 2.83 bits per heavy atom. The van der Waals surface area contributed by atoms with Gasteiger partial charge in [-0.2, -0.15) is 0 Å². The van der Waals surface area contributed by atoms with Crippen molar-refractivity contribution < 1.29 is 14.6 Å². The van der Waals surface area contributed by atoms with Crippen LogP contribution in [-0.2, 0) is 11.2 Å². The molecule has 0 spiro atoms. The maximum atomic E-state index is 11.7. The maximum Gasteiger partial charge on any atom is 0.408 e. The van der Waals surface area contributed by atoms with E-state index < -0.39 is 11.7 Å². The number of amides is 1. The Bertz CT molecular complexity index is 463. The molecule has 0 fully saturated rings. The fourth-order valence-electron chi connectivity index (χ4n) is 2.23. The Morgan fingerprint density at radius 1 is 1.44 bits per heavy atom. The molecule has 1 aromatic rings. The lowest BCUT2D eigenvalue weighted by Gasteiger charge is -2.22. The van der Waals surface area contributed by atoms with Crippen molar-refractivity contribution in [3.05, 3.63) is 29.3 Å². The summed E-state index contributed by atoms with van der Waals surface area (Å²) < 4.78 is 5.23. The highest BCUT2D eigenvalue weighted by atomic mass is 16.6. The lowest BCUT2D eigenvalue weighted by molar-refractivity contribution is 0.0503. The smallest absolute Gasteiger partial charge is 0.408 e. The Morgan fingerprint density at radius 2 is 2.17 bits per heavy atom. The molecule has 2 rings (SSSR count). The summed E-state index contributed by atoms with van der Waals surface area (Å²) in [5.41, 5.74) is 1.42. The van der Waals surface area contributed by atoms with Gasteiger partial charge in [-0.1, -0.05) is 12.1 Å². The molecule has 0 aromatic heterocycles. The molecule has 1 aliphatic carbocycles. The fraction of sp³-hybridized carbons (Fsp3) is 0.500. The summed E-state index contributed by atoms with van der Waals surface area (Å²) in [5, 5.41) is 12.6. The summed E-state index contributed by atoms with van der Waals surface area (Å²) in [6.07, 6.45) is 1.16. The minimum Gasteiger partial charge on any atom is -0.508 e. The van der Waals surface area contributed by atoms with E-state index in [1.807, 2.05) is 26.8 Å². The van der Waals surface area contributed by atoms with Crippen molar-refractivity contribution in [1.29, 1.82) is 0 Å². The van der Waals surface area contributed by atoms with Crippen LogP contribution in [0.25, 0.3) is 0 Å². The predicted octanol–water partition coefficient (Wildman–Crippen LogP) is 2.90. The molecule has 4 nitrogen and oxygen atoms in total. The largest absolute Gasteiger partial charge is 0.508 e. The second-order valence-electron chi connectivity index (χ2n) is 5.58. The van der Waals surface area contributed by atoms with Crippen LogP contribution in [0.4, 0.5) is 4.79 Å². The van der Waals surface area contributed by atoms with Gasteiger partial charge >= 0.3 is 6.09 Å². The summed E-state index contributed by atoms with van der Waals surface area (Å²) in [6.45, 7) is 5.50. The van der Waals surface area contributed by atoms with Crippen LogP contribution in [0.15, 0.2) is 18.2 Å². The van der Waals surface area contributed by atoms with Gasteiger partial charge in [0.1, 0.15) is 11.4 Å². The number of nitrogens with one attached hydrogen (secondary N) is 1. The fourth-order valence-corrected chi connectivity index (χ4v) is 2.23. The predicted molar refractivity (Wildman–Crippen MR) is 68.5 cm³/mol. The number of benzene rings is 1. The van der Waals surface area contributed by atoms with Gasteiger partial charge in [-0.15, -0.1) is 0 Å². The second kappa shape index (κ2) is 4.52. The van der Waals surface area contributed by atoms with Crippen LogP contribution in [0.3, 0.4) is 0 Å². The normalized spacial score (nSPS) is 18.3. The van der Waals surface area contributed by atoms with E-state index in [2.05, 4.69) is 5.32 Å². The van der Waals surface area contributed by atoms with Crippen molar-refractivity contribution in [1.82, 2.24) is 5.32 Å². The topological polar surface area (TPSA) is 58.6 Å². The molecule has 1 amide bonds. The van der Waals surface area contributed by atoms with Gasteiger partial charge in [0, 0.05) is 0 Å². The van der Waals surface area contributed by atoms with Gasteiger partial charge in [-0.05, 0) is 50.8 Å². The van der Waals surface area contributed by atoms with E-state index in [0.717, 1.165) is 24.0 Å². The van der Waals surface area contributed by atoms with Crippen molar-refractivity contribution in [3.63, 3.8) is 0 Å². The molecule has 0 heterocycles. The van der Waals surface area contributed by atoms with Gasteiger partial charge in [-0.3, -0.25) is 0 Å². The first-order valence-corrected chi connectivity index (χ1v) is 6.17. The highest BCUT2D eigenvalue weighted by Gasteiger charge is 2.27. The highest BCUT2D eigenvalue weighted by Crippen LogP contribution is 2.36. The number of aromatic hydroxyl groups is 1. The standard InChI is InChI=1S/C14H19NO3/c1-14(2,3)18-13(17)15-11-8-7-10-9(11)5-4-6-12(10)16/h4-6,11,16H,7-8H2,1-3H3,(H,15,17)/t11-/m0/s1. The molecule has 4 heteroatoms. The number of phenolic OH excluding ortho intramolecular Hbond substituents is 1. The van der Waals surface area contributed by atoms with Gasteiger partial charge in [0.25, 0.3) is 0 Å². The van der Waals surface area contributed by atoms with E-state index in [1.54, 1.807) is 12.1 Å². The zero-order chi connectivity index (χ0) is 13.3. The van der Waals surface area contributed by atoms with Gasteiger partial charge < -0.3 is 15.2 Å². The van der Waals surface area contributed by atoms with Crippen LogP contribution >= 0.6 is 0 Å². The first kappa shape index (κ1) is 12.7. The zero-order valence-electron chi connectivity index (χ0n) is 11.0. The molecule has 1 aromatic carbocycles. The number of carbonyl (C=O) groups excluding carboxylic acids is 1. The average Bonchev–Trinajstić information content (AvgIpc) is 2.60. The van der Waals surface area contributed by atoms with Gasteiger partial charge in [0.2, 0.25) is 0 Å². The Labute approximate surface area is 107 Å². The number of rotatable bonds is 1. The van der Waals surface area contributed by atoms with E-state index in [-0.39, 0.29) is 6.04 Å². The van der Waals surface area contributed by atoms with Crippen LogP contribution in [0.2, 0.25) is 0 Å². The third kappa shape index (κ3) is 2.75. The Kier molecular flexibility index (Phi) is 3.20. The third-order valence-corrected chi connectivity index (χ3v) is 2.94. The Hall–Kier alpha value is -1.71. The van der Waals surface area contributed by atoms with E-state index in [9.17, 15) is 9.90 Å². The van der Waals surface area contributed by atoms with Gasteiger partial charge in [0.15, 0.2) is 0 Å². The number of hydrogen-bond acceptors (Lipinski definition) is 3. The molecule has 98 valence electrons. The number of alkyl carbamates (subject to hydrolysis) is 1. The zero-order valence-corrected chi connectivity index (χ0v) is 11.0. The highest BCUT2D eigenvalue weighted by molar-refractivity contribution is 5.69. The quantitative estimate of drug-likeness (QED) is 0.804.